The molecular formula is C13H20BrN3O2. The van der Waals surface area contributed by atoms with E-state index >= 15 is 0 Å². The zero-order valence-corrected chi connectivity index (χ0v) is 13.0. The van der Waals surface area contributed by atoms with Crippen molar-refractivity contribution in [1.82, 2.24) is 0 Å². The maximum atomic E-state index is 8.89. The van der Waals surface area contributed by atoms with E-state index in [-0.39, 0.29) is 11.9 Å². The fourth-order valence-electron chi connectivity index (χ4n) is 2.06. The Hall–Kier alpha value is -1.27. The van der Waals surface area contributed by atoms with E-state index in [0.717, 1.165) is 16.7 Å². The molecule has 1 unspecified atom stereocenters. The van der Waals surface area contributed by atoms with Gasteiger partial charge in [-0.1, -0.05) is 21.1 Å². The number of amidine groups is 1. The summed E-state index contributed by atoms with van der Waals surface area (Å²) in [5.74, 6) is 0.102. The number of likely N-dealkylation sites (N-methyl/N-ethyl adjacent to an activating group) is 1. The van der Waals surface area contributed by atoms with Gasteiger partial charge in [0.15, 0.2) is 5.84 Å². The Bertz CT molecular complexity index is 452. The second-order valence-corrected chi connectivity index (χ2v) is 5.15. The highest BCUT2D eigenvalue weighted by Crippen LogP contribution is 2.26. The number of nitrogens with two attached hydrogens (primary N) is 1. The van der Waals surface area contributed by atoms with Crippen LogP contribution < -0.4 is 10.6 Å². The number of ether oxygens (including phenoxy) is 1. The van der Waals surface area contributed by atoms with E-state index in [0.29, 0.717) is 12.2 Å². The van der Waals surface area contributed by atoms with E-state index < -0.39 is 0 Å². The first-order valence-electron chi connectivity index (χ1n) is 6.08. The molecule has 0 fully saturated rings. The van der Waals surface area contributed by atoms with Crippen LogP contribution in [0.3, 0.4) is 0 Å². The minimum atomic E-state index is 0.102. The number of nitrogens with zero attached hydrogens (tertiary/aromatic N) is 2. The van der Waals surface area contributed by atoms with Crippen LogP contribution >= 0.6 is 15.9 Å². The molecule has 0 radical (unpaired) electrons. The van der Waals surface area contributed by atoms with Crippen molar-refractivity contribution in [3.63, 3.8) is 0 Å². The van der Waals surface area contributed by atoms with Crippen molar-refractivity contribution in [2.45, 2.75) is 19.9 Å². The quantitative estimate of drug-likeness (QED) is 0.364. The fourth-order valence-corrected chi connectivity index (χ4v) is 2.41. The van der Waals surface area contributed by atoms with Crippen molar-refractivity contribution in [2.24, 2.45) is 10.9 Å². The molecule has 0 aliphatic rings. The topological polar surface area (TPSA) is 71.1 Å². The van der Waals surface area contributed by atoms with Gasteiger partial charge in [0.05, 0.1) is 6.61 Å². The first-order valence-corrected chi connectivity index (χ1v) is 6.87. The van der Waals surface area contributed by atoms with Gasteiger partial charge in [-0.05, 0) is 32.0 Å². The molecule has 6 heteroatoms. The van der Waals surface area contributed by atoms with Crippen LogP contribution in [0.5, 0.6) is 0 Å². The number of halogens is 1. The van der Waals surface area contributed by atoms with Crippen molar-refractivity contribution in [3.05, 3.63) is 28.2 Å². The SMILES string of the molecule is CCN(c1cc(Br)ccc1/C(N)=N/O)C(C)COC. The van der Waals surface area contributed by atoms with Gasteiger partial charge in [0, 0.05) is 35.4 Å². The number of oxime groups is 1. The fraction of sp³-hybridized carbons (Fsp3) is 0.462. The normalized spacial score (nSPS) is 13.4. The molecule has 0 bridgehead atoms. The Morgan fingerprint density at radius 2 is 2.26 bits per heavy atom. The lowest BCUT2D eigenvalue weighted by Crippen LogP contribution is -2.37. The molecule has 3 N–H and O–H groups in total. The van der Waals surface area contributed by atoms with Crippen molar-refractivity contribution in [2.75, 3.05) is 25.2 Å². The molecule has 0 spiro atoms. The lowest BCUT2D eigenvalue weighted by atomic mass is 10.1. The minimum Gasteiger partial charge on any atom is -0.409 e. The average molecular weight is 330 g/mol. The monoisotopic (exact) mass is 329 g/mol. The first kappa shape index (κ1) is 15.8. The molecule has 1 atom stereocenters. The highest BCUT2D eigenvalue weighted by molar-refractivity contribution is 9.10. The van der Waals surface area contributed by atoms with E-state index in [1.165, 1.54) is 0 Å². The van der Waals surface area contributed by atoms with Crippen LogP contribution in [0.25, 0.3) is 0 Å². The van der Waals surface area contributed by atoms with Crippen LogP contribution in [-0.4, -0.2) is 37.3 Å². The Kier molecular flexibility index (Phi) is 6.11. The van der Waals surface area contributed by atoms with Gasteiger partial charge in [0.1, 0.15) is 0 Å². The smallest absolute Gasteiger partial charge is 0.172 e. The van der Waals surface area contributed by atoms with E-state index in [2.05, 4.69) is 39.8 Å². The molecule has 0 saturated carbocycles. The molecule has 1 aromatic carbocycles. The van der Waals surface area contributed by atoms with Gasteiger partial charge < -0.3 is 20.6 Å². The Morgan fingerprint density at radius 3 is 2.79 bits per heavy atom. The predicted molar refractivity (Wildman–Crippen MR) is 81.0 cm³/mol. The van der Waals surface area contributed by atoms with Gasteiger partial charge in [0.25, 0.3) is 0 Å². The zero-order chi connectivity index (χ0) is 14.4. The summed E-state index contributed by atoms with van der Waals surface area (Å²) < 4.78 is 6.15. The van der Waals surface area contributed by atoms with Gasteiger partial charge in [-0.25, -0.2) is 0 Å². The number of methoxy groups -OCH3 is 1. The molecule has 0 saturated heterocycles. The number of rotatable bonds is 6. The number of anilines is 1. The number of benzene rings is 1. The van der Waals surface area contributed by atoms with Crippen LogP contribution in [-0.2, 0) is 4.74 Å². The van der Waals surface area contributed by atoms with Crippen molar-refractivity contribution >= 4 is 27.5 Å². The van der Waals surface area contributed by atoms with E-state index in [4.69, 9.17) is 15.7 Å². The van der Waals surface area contributed by atoms with Gasteiger partial charge >= 0.3 is 0 Å². The zero-order valence-electron chi connectivity index (χ0n) is 11.4. The van der Waals surface area contributed by atoms with Crippen LogP contribution in [0.15, 0.2) is 27.8 Å². The molecule has 19 heavy (non-hydrogen) atoms. The Morgan fingerprint density at radius 1 is 1.58 bits per heavy atom. The summed E-state index contributed by atoms with van der Waals surface area (Å²) in [6.45, 7) is 5.54. The highest BCUT2D eigenvalue weighted by atomic mass is 79.9. The molecule has 0 aliphatic heterocycles. The molecule has 0 aliphatic carbocycles. The lowest BCUT2D eigenvalue weighted by molar-refractivity contribution is 0.182. The maximum Gasteiger partial charge on any atom is 0.172 e. The first-order chi connectivity index (χ1) is 9.04. The molecular weight excluding hydrogens is 310 g/mol. The molecule has 0 heterocycles. The summed E-state index contributed by atoms with van der Waals surface area (Å²) in [7, 11) is 1.68. The third kappa shape index (κ3) is 3.84. The summed E-state index contributed by atoms with van der Waals surface area (Å²) in [5.41, 5.74) is 7.36. The van der Waals surface area contributed by atoms with Crippen LogP contribution in [0, 0.1) is 0 Å². The summed E-state index contributed by atoms with van der Waals surface area (Å²) >= 11 is 3.45. The van der Waals surface area contributed by atoms with Crippen LogP contribution in [0.2, 0.25) is 0 Å². The summed E-state index contributed by atoms with van der Waals surface area (Å²) in [6.07, 6.45) is 0. The summed E-state index contributed by atoms with van der Waals surface area (Å²) in [6, 6.07) is 5.85. The lowest BCUT2D eigenvalue weighted by Gasteiger charge is -2.31. The average Bonchev–Trinajstić information content (AvgIpc) is 2.39. The third-order valence-corrected chi connectivity index (χ3v) is 3.43. The van der Waals surface area contributed by atoms with Crippen molar-refractivity contribution in [3.8, 4) is 0 Å². The molecule has 0 aromatic heterocycles. The molecule has 5 nitrogen and oxygen atoms in total. The van der Waals surface area contributed by atoms with Crippen molar-refractivity contribution < 1.29 is 9.94 Å². The molecule has 0 amide bonds. The third-order valence-electron chi connectivity index (χ3n) is 2.93. The predicted octanol–water partition coefficient (Wildman–Crippen LogP) is 2.40. The van der Waals surface area contributed by atoms with Crippen molar-refractivity contribution in [1.29, 1.82) is 0 Å². The van der Waals surface area contributed by atoms with Crippen LogP contribution in [0.1, 0.15) is 19.4 Å². The molecule has 1 aromatic rings. The van der Waals surface area contributed by atoms with Gasteiger partial charge in [0.2, 0.25) is 0 Å². The summed E-state index contributed by atoms with van der Waals surface area (Å²) in [5, 5.41) is 12.0. The highest BCUT2D eigenvalue weighted by Gasteiger charge is 2.18. The molecule has 106 valence electrons. The Balaban J connectivity index is 3.24. The second kappa shape index (κ2) is 7.35. The molecule has 1 rings (SSSR count). The maximum absolute atomic E-state index is 8.89. The summed E-state index contributed by atoms with van der Waals surface area (Å²) in [4.78, 5) is 2.15. The van der Waals surface area contributed by atoms with Crippen LogP contribution in [0.4, 0.5) is 5.69 Å². The number of hydrogen-bond donors (Lipinski definition) is 2. The largest absolute Gasteiger partial charge is 0.409 e. The van der Waals surface area contributed by atoms with Gasteiger partial charge in [-0.3, -0.25) is 0 Å². The standard InChI is InChI=1S/C13H20BrN3O2/c1-4-17(9(2)8-19-3)12-7-10(14)5-6-11(12)13(15)16-18/h5-7,9,18H,4,8H2,1-3H3,(H2,15,16). The number of hydrogen-bond acceptors (Lipinski definition) is 4. The Labute approximate surface area is 122 Å². The van der Waals surface area contributed by atoms with E-state index in [9.17, 15) is 0 Å². The van der Waals surface area contributed by atoms with E-state index in [1.807, 2.05) is 18.2 Å². The minimum absolute atomic E-state index is 0.102. The van der Waals surface area contributed by atoms with Gasteiger partial charge in [-0.15, -0.1) is 0 Å². The van der Waals surface area contributed by atoms with Gasteiger partial charge in [-0.2, -0.15) is 0 Å². The van der Waals surface area contributed by atoms with E-state index in [1.54, 1.807) is 7.11 Å². The second-order valence-electron chi connectivity index (χ2n) is 4.24.